The quantitative estimate of drug-likeness (QED) is 0.320. The number of hydrogen-bond acceptors (Lipinski definition) is 1. The normalized spacial score (nSPS) is 14.0. The van der Waals surface area contributed by atoms with Crippen LogP contribution in [0.2, 0.25) is 0 Å². The number of hydrogen-bond donors (Lipinski definition) is 1. The van der Waals surface area contributed by atoms with Crippen LogP contribution in [0.4, 0.5) is 0 Å². The van der Waals surface area contributed by atoms with E-state index in [2.05, 4.69) is 20.8 Å². The summed E-state index contributed by atoms with van der Waals surface area (Å²) in [6.45, 7) is 7.59. The zero-order chi connectivity index (χ0) is 7.71. The molecular weight excluding hydrogens is 112 g/mol. The molecule has 0 rings (SSSR count). The van der Waals surface area contributed by atoms with E-state index in [0.29, 0.717) is 10.0 Å². The predicted octanol–water partition coefficient (Wildman–Crippen LogP) is 0.983. The van der Waals surface area contributed by atoms with Crippen molar-refractivity contribution in [3.63, 3.8) is 0 Å². The van der Waals surface area contributed by atoms with E-state index in [1.54, 1.807) is 0 Å². The van der Waals surface area contributed by atoms with Gasteiger partial charge in [-0.2, -0.15) is 5.84 Å². The van der Waals surface area contributed by atoms with Gasteiger partial charge in [-0.1, -0.05) is 20.8 Å². The van der Waals surface area contributed by atoms with E-state index in [1.165, 1.54) is 0 Å². The van der Waals surface area contributed by atoms with Gasteiger partial charge in [-0.15, -0.1) is 0 Å². The molecule has 0 aliphatic heterocycles. The second-order valence-electron chi connectivity index (χ2n) is 4.50. The lowest BCUT2D eigenvalue weighted by Gasteiger charge is -2.29. The number of nitrogens with zero attached hydrogens (tertiary/aromatic N) is 1. The molecule has 2 nitrogen and oxygen atoms in total. The molecule has 0 unspecified atom stereocenters. The Kier molecular flexibility index (Phi) is 2.25. The molecule has 0 atom stereocenters. The summed E-state index contributed by atoms with van der Waals surface area (Å²) in [6, 6.07) is 0. The maximum Gasteiger partial charge on any atom is 0.100 e. The Morgan fingerprint density at radius 2 is 1.56 bits per heavy atom. The topological polar surface area (TPSA) is 26.0 Å². The lowest BCUT2D eigenvalue weighted by molar-refractivity contribution is -0.908. The summed E-state index contributed by atoms with van der Waals surface area (Å²) >= 11 is 0. The summed E-state index contributed by atoms with van der Waals surface area (Å²) in [5, 5.41) is 0. The summed E-state index contributed by atoms with van der Waals surface area (Å²) < 4.78 is 0.559. The third kappa shape index (κ3) is 7.92. The van der Waals surface area contributed by atoms with Gasteiger partial charge in [0.2, 0.25) is 0 Å². The molecule has 0 fully saturated rings. The van der Waals surface area contributed by atoms with Gasteiger partial charge >= 0.3 is 0 Å². The molecule has 0 bridgehead atoms. The molecule has 2 N–H and O–H groups in total. The van der Waals surface area contributed by atoms with Crippen LogP contribution in [0.15, 0.2) is 0 Å². The Labute approximate surface area is 58.2 Å². The second kappa shape index (κ2) is 2.27. The van der Waals surface area contributed by atoms with E-state index in [-0.39, 0.29) is 0 Å². The van der Waals surface area contributed by atoms with Gasteiger partial charge in [-0.05, 0) is 0 Å². The molecule has 0 saturated carbocycles. The van der Waals surface area contributed by atoms with Gasteiger partial charge in [0.15, 0.2) is 0 Å². The maximum absolute atomic E-state index is 5.76. The van der Waals surface area contributed by atoms with Crippen LogP contribution >= 0.6 is 0 Å². The van der Waals surface area contributed by atoms with Crippen molar-refractivity contribution in [2.24, 2.45) is 11.3 Å². The first-order valence-corrected chi connectivity index (χ1v) is 3.32. The average Bonchev–Trinajstić information content (AvgIpc) is 1.14. The third-order valence-electron chi connectivity index (χ3n) is 0.882. The lowest BCUT2D eigenvalue weighted by Crippen LogP contribution is -2.51. The summed E-state index contributed by atoms with van der Waals surface area (Å²) in [4.78, 5) is 0. The molecule has 0 aromatic rings. The van der Waals surface area contributed by atoms with Gasteiger partial charge in [-0.25, -0.2) is 0 Å². The van der Waals surface area contributed by atoms with E-state index < -0.39 is 0 Å². The standard InChI is InChI=1S/C7H19N2/c1-7(2,3)6-9(4,5)8/h6,8H2,1-5H3/q+1. The number of rotatable bonds is 1. The van der Waals surface area contributed by atoms with E-state index in [0.717, 1.165) is 6.54 Å². The molecule has 0 aromatic carbocycles. The van der Waals surface area contributed by atoms with Crippen molar-refractivity contribution >= 4 is 0 Å². The van der Waals surface area contributed by atoms with Crippen molar-refractivity contribution in [3.05, 3.63) is 0 Å². The zero-order valence-corrected chi connectivity index (χ0v) is 7.23. The van der Waals surface area contributed by atoms with Gasteiger partial charge in [0, 0.05) is 5.41 Å². The highest BCUT2D eigenvalue weighted by atomic mass is 15.5. The fraction of sp³-hybridized carbons (Fsp3) is 1.00. The molecule has 0 saturated heterocycles. The Hall–Kier alpha value is -0.0800. The van der Waals surface area contributed by atoms with Gasteiger partial charge < -0.3 is 0 Å². The van der Waals surface area contributed by atoms with Crippen molar-refractivity contribution in [2.45, 2.75) is 20.8 Å². The number of nitrogens with two attached hydrogens (primary N) is 1. The molecule has 0 aromatic heterocycles. The molecular formula is C7H19N2+. The van der Waals surface area contributed by atoms with Crippen LogP contribution in [0.3, 0.4) is 0 Å². The van der Waals surface area contributed by atoms with Gasteiger partial charge in [0.25, 0.3) is 0 Å². The van der Waals surface area contributed by atoms with E-state index in [4.69, 9.17) is 5.84 Å². The fourth-order valence-corrected chi connectivity index (χ4v) is 1.22. The van der Waals surface area contributed by atoms with E-state index >= 15 is 0 Å². The molecule has 0 radical (unpaired) electrons. The van der Waals surface area contributed by atoms with Crippen molar-refractivity contribution < 1.29 is 4.59 Å². The Balaban J connectivity index is 3.75. The van der Waals surface area contributed by atoms with Gasteiger partial charge in [-0.3, -0.25) is 4.59 Å². The van der Waals surface area contributed by atoms with Crippen LogP contribution in [-0.4, -0.2) is 25.2 Å². The third-order valence-corrected chi connectivity index (χ3v) is 0.882. The maximum atomic E-state index is 5.76. The Bertz CT molecular complexity index is 72.1. The minimum absolute atomic E-state index is 0.332. The number of quaternary nitrogens is 1. The van der Waals surface area contributed by atoms with E-state index in [1.807, 2.05) is 14.1 Å². The van der Waals surface area contributed by atoms with Crippen molar-refractivity contribution in [3.8, 4) is 0 Å². The minimum atomic E-state index is 0.332. The van der Waals surface area contributed by atoms with Crippen LogP contribution in [0.25, 0.3) is 0 Å². The van der Waals surface area contributed by atoms with Crippen molar-refractivity contribution in [1.82, 2.24) is 0 Å². The SMILES string of the molecule is CC(C)(C)C[N+](C)(C)N. The van der Waals surface area contributed by atoms with Crippen LogP contribution in [0, 0.1) is 5.41 Å². The van der Waals surface area contributed by atoms with Crippen LogP contribution in [0.1, 0.15) is 20.8 Å². The first kappa shape index (κ1) is 8.92. The molecule has 0 amide bonds. The summed E-state index contributed by atoms with van der Waals surface area (Å²) in [6.07, 6.45) is 0. The first-order chi connectivity index (χ1) is 3.71. The van der Waals surface area contributed by atoms with Crippen molar-refractivity contribution in [1.29, 1.82) is 0 Å². The van der Waals surface area contributed by atoms with Gasteiger partial charge in [0.1, 0.15) is 6.54 Å². The van der Waals surface area contributed by atoms with Gasteiger partial charge in [0.05, 0.1) is 14.1 Å². The highest BCUT2D eigenvalue weighted by Crippen LogP contribution is 2.14. The predicted molar refractivity (Wildman–Crippen MR) is 40.6 cm³/mol. The summed E-state index contributed by atoms with van der Waals surface area (Å²) in [7, 11) is 4.01. The Morgan fingerprint density at radius 1 is 1.22 bits per heavy atom. The highest BCUT2D eigenvalue weighted by Gasteiger charge is 2.20. The monoisotopic (exact) mass is 131 g/mol. The lowest BCUT2D eigenvalue weighted by atomic mass is 9.96. The van der Waals surface area contributed by atoms with Crippen LogP contribution in [-0.2, 0) is 0 Å². The molecule has 0 spiro atoms. The van der Waals surface area contributed by atoms with Crippen LogP contribution in [0.5, 0.6) is 0 Å². The molecule has 2 heteroatoms. The zero-order valence-electron chi connectivity index (χ0n) is 7.23. The molecule has 0 aliphatic rings. The second-order valence-corrected chi connectivity index (χ2v) is 4.50. The molecule has 56 valence electrons. The van der Waals surface area contributed by atoms with Crippen molar-refractivity contribution in [2.75, 3.05) is 20.6 Å². The summed E-state index contributed by atoms with van der Waals surface area (Å²) in [5.41, 5.74) is 0.332. The summed E-state index contributed by atoms with van der Waals surface area (Å²) in [5.74, 6) is 5.76. The molecule has 9 heavy (non-hydrogen) atoms. The molecule has 0 heterocycles. The first-order valence-electron chi connectivity index (χ1n) is 3.32. The fourth-order valence-electron chi connectivity index (χ4n) is 1.22. The molecule has 0 aliphatic carbocycles. The van der Waals surface area contributed by atoms with E-state index in [9.17, 15) is 0 Å². The minimum Gasteiger partial charge on any atom is -0.253 e. The highest BCUT2D eigenvalue weighted by molar-refractivity contribution is 4.57. The average molecular weight is 131 g/mol. The Morgan fingerprint density at radius 3 is 1.56 bits per heavy atom. The largest absolute Gasteiger partial charge is 0.253 e. The van der Waals surface area contributed by atoms with Crippen LogP contribution < -0.4 is 5.84 Å². The smallest absolute Gasteiger partial charge is 0.100 e.